The summed E-state index contributed by atoms with van der Waals surface area (Å²) in [4.78, 5) is 13.4. The number of fused-ring (bicyclic) bond motifs is 1. The van der Waals surface area contributed by atoms with E-state index in [9.17, 15) is 4.79 Å². The molecule has 4 nitrogen and oxygen atoms in total. The fourth-order valence-electron chi connectivity index (χ4n) is 4.65. The molecule has 2 aromatic heterocycles. The summed E-state index contributed by atoms with van der Waals surface area (Å²) in [5, 5.41) is 0.863. The standard InChI is InChI=1S/C24H30N2O2/c1-4-19-15-22-23(26(19)20-8-6-5-7-9-20)14-17(2)25(24(22)27)16-18-10-12-21(28-3)13-11-18/h10-15,20H,4-9,16H2,1-3H3. The van der Waals surface area contributed by atoms with Crippen molar-refractivity contribution in [2.45, 2.75) is 65.0 Å². The predicted molar refractivity (Wildman–Crippen MR) is 115 cm³/mol. The Morgan fingerprint density at radius 3 is 2.43 bits per heavy atom. The molecular weight excluding hydrogens is 348 g/mol. The van der Waals surface area contributed by atoms with Crippen LogP contribution in [0.15, 0.2) is 41.2 Å². The lowest BCUT2D eigenvalue weighted by Gasteiger charge is -2.26. The molecule has 1 aliphatic carbocycles. The molecule has 1 fully saturated rings. The number of aromatic nitrogens is 2. The summed E-state index contributed by atoms with van der Waals surface area (Å²) in [5.74, 6) is 0.834. The van der Waals surface area contributed by atoms with Gasteiger partial charge in [-0.2, -0.15) is 0 Å². The molecule has 1 saturated carbocycles. The van der Waals surface area contributed by atoms with Crippen molar-refractivity contribution in [3.63, 3.8) is 0 Å². The predicted octanol–water partition coefficient (Wildman–Crippen LogP) is 5.24. The smallest absolute Gasteiger partial charge is 0.260 e. The van der Waals surface area contributed by atoms with Gasteiger partial charge in [0.2, 0.25) is 0 Å². The monoisotopic (exact) mass is 378 g/mol. The van der Waals surface area contributed by atoms with E-state index in [1.807, 2.05) is 35.8 Å². The van der Waals surface area contributed by atoms with Crippen LogP contribution in [0.3, 0.4) is 0 Å². The Labute approximate surface area is 166 Å². The minimum absolute atomic E-state index is 0.120. The number of benzene rings is 1. The minimum Gasteiger partial charge on any atom is -0.497 e. The first-order valence-corrected chi connectivity index (χ1v) is 10.5. The molecule has 28 heavy (non-hydrogen) atoms. The molecule has 0 atom stereocenters. The van der Waals surface area contributed by atoms with Crippen LogP contribution in [0.5, 0.6) is 5.75 Å². The van der Waals surface area contributed by atoms with Gasteiger partial charge in [0.25, 0.3) is 5.56 Å². The van der Waals surface area contributed by atoms with Crippen LogP contribution in [0.2, 0.25) is 0 Å². The summed E-state index contributed by atoms with van der Waals surface area (Å²) in [7, 11) is 1.67. The average Bonchev–Trinajstić information content (AvgIpc) is 3.10. The van der Waals surface area contributed by atoms with E-state index in [0.717, 1.165) is 34.3 Å². The molecule has 0 amide bonds. The van der Waals surface area contributed by atoms with E-state index < -0.39 is 0 Å². The first kappa shape index (κ1) is 18.9. The van der Waals surface area contributed by atoms with Gasteiger partial charge in [0.05, 0.1) is 24.6 Å². The molecule has 4 heteroatoms. The Morgan fingerprint density at radius 1 is 1.07 bits per heavy atom. The van der Waals surface area contributed by atoms with Crippen molar-refractivity contribution < 1.29 is 4.74 Å². The number of ether oxygens (including phenoxy) is 1. The third-order valence-electron chi connectivity index (χ3n) is 6.20. The summed E-state index contributed by atoms with van der Waals surface area (Å²) < 4.78 is 9.61. The summed E-state index contributed by atoms with van der Waals surface area (Å²) in [6, 6.07) is 12.8. The van der Waals surface area contributed by atoms with E-state index in [1.54, 1.807) is 7.11 Å². The number of aryl methyl sites for hydroxylation is 2. The zero-order valence-electron chi connectivity index (χ0n) is 17.2. The summed E-state index contributed by atoms with van der Waals surface area (Å²) >= 11 is 0. The molecule has 0 unspecified atom stereocenters. The molecule has 4 rings (SSSR count). The third-order valence-corrected chi connectivity index (χ3v) is 6.20. The van der Waals surface area contributed by atoms with Crippen molar-refractivity contribution in [3.05, 3.63) is 63.7 Å². The lowest BCUT2D eigenvalue weighted by atomic mass is 9.95. The number of rotatable bonds is 5. The quantitative estimate of drug-likeness (QED) is 0.609. The highest BCUT2D eigenvalue weighted by molar-refractivity contribution is 5.81. The summed E-state index contributed by atoms with van der Waals surface area (Å²) in [5.41, 5.74) is 4.66. The van der Waals surface area contributed by atoms with Crippen molar-refractivity contribution in [3.8, 4) is 5.75 Å². The highest BCUT2D eigenvalue weighted by atomic mass is 16.5. The molecule has 0 radical (unpaired) electrons. The van der Waals surface area contributed by atoms with Gasteiger partial charge in [-0.1, -0.05) is 38.3 Å². The van der Waals surface area contributed by atoms with Crippen LogP contribution in [0.1, 0.15) is 62.0 Å². The zero-order valence-corrected chi connectivity index (χ0v) is 17.2. The minimum atomic E-state index is 0.120. The van der Waals surface area contributed by atoms with E-state index in [2.05, 4.69) is 23.6 Å². The molecule has 148 valence electrons. The molecule has 1 aromatic carbocycles. The second kappa shape index (κ2) is 7.86. The molecule has 0 bridgehead atoms. The van der Waals surface area contributed by atoms with Gasteiger partial charge in [-0.05, 0) is 56.0 Å². The molecule has 0 N–H and O–H groups in total. The van der Waals surface area contributed by atoms with Crippen LogP contribution in [0.4, 0.5) is 0 Å². The van der Waals surface area contributed by atoms with Crippen LogP contribution in [-0.4, -0.2) is 16.2 Å². The van der Waals surface area contributed by atoms with E-state index in [4.69, 9.17) is 4.74 Å². The molecule has 0 spiro atoms. The molecule has 0 aliphatic heterocycles. The number of nitrogens with zero attached hydrogens (tertiary/aromatic N) is 2. The molecule has 0 saturated heterocycles. The van der Waals surface area contributed by atoms with Gasteiger partial charge in [0.1, 0.15) is 5.75 Å². The Bertz CT molecular complexity index is 1020. The van der Waals surface area contributed by atoms with Crippen LogP contribution in [0.25, 0.3) is 10.9 Å². The largest absolute Gasteiger partial charge is 0.497 e. The van der Waals surface area contributed by atoms with Crippen LogP contribution >= 0.6 is 0 Å². The van der Waals surface area contributed by atoms with Gasteiger partial charge in [0, 0.05) is 17.4 Å². The van der Waals surface area contributed by atoms with Crippen molar-refractivity contribution in [1.29, 1.82) is 0 Å². The molecule has 1 aliphatic rings. The molecular formula is C24H30N2O2. The zero-order chi connectivity index (χ0) is 19.7. The van der Waals surface area contributed by atoms with Crippen LogP contribution < -0.4 is 10.3 Å². The van der Waals surface area contributed by atoms with E-state index in [-0.39, 0.29) is 5.56 Å². The van der Waals surface area contributed by atoms with Gasteiger partial charge >= 0.3 is 0 Å². The lowest BCUT2D eigenvalue weighted by molar-refractivity contribution is 0.355. The Morgan fingerprint density at radius 2 is 1.79 bits per heavy atom. The van der Waals surface area contributed by atoms with Gasteiger partial charge in [0.15, 0.2) is 0 Å². The van der Waals surface area contributed by atoms with Crippen molar-refractivity contribution in [2.24, 2.45) is 0 Å². The van der Waals surface area contributed by atoms with Gasteiger partial charge in [-0.25, -0.2) is 0 Å². The number of pyridine rings is 1. The molecule has 2 heterocycles. The SMILES string of the molecule is CCc1cc2c(=O)n(Cc3ccc(OC)cc3)c(C)cc2n1C1CCCCC1. The van der Waals surface area contributed by atoms with Gasteiger partial charge in [-0.15, -0.1) is 0 Å². The number of hydrogen-bond donors (Lipinski definition) is 0. The van der Waals surface area contributed by atoms with Crippen molar-refractivity contribution in [2.75, 3.05) is 7.11 Å². The maximum atomic E-state index is 13.4. The Hall–Kier alpha value is -2.49. The van der Waals surface area contributed by atoms with Gasteiger partial charge in [-0.3, -0.25) is 4.79 Å². The second-order valence-electron chi connectivity index (χ2n) is 7.98. The van der Waals surface area contributed by atoms with E-state index in [0.29, 0.717) is 12.6 Å². The summed E-state index contributed by atoms with van der Waals surface area (Å²) in [6.07, 6.45) is 7.34. The maximum Gasteiger partial charge on any atom is 0.260 e. The lowest BCUT2D eigenvalue weighted by Crippen LogP contribution is -2.23. The van der Waals surface area contributed by atoms with Crippen molar-refractivity contribution >= 4 is 10.9 Å². The number of hydrogen-bond acceptors (Lipinski definition) is 2. The third kappa shape index (κ3) is 3.36. The topological polar surface area (TPSA) is 36.2 Å². The number of methoxy groups -OCH3 is 1. The molecule has 3 aromatic rings. The fourth-order valence-corrected chi connectivity index (χ4v) is 4.65. The van der Waals surface area contributed by atoms with E-state index >= 15 is 0 Å². The Kier molecular flexibility index (Phi) is 5.29. The fraction of sp³-hybridized carbons (Fsp3) is 0.458. The average molecular weight is 379 g/mol. The Balaban J connectivity index is 1.78. The highest BCUT2D eigenvalue weighted by Crippen LogP contribution is 2.33. The van der Waals surface area contributed by atoms with Crippen LogP contribution in [0, 0.1) is 6.92 Å². The summed E-state index contributed by atoms with van der Waals surface area (Å²) in [6.45, 7) is 4.82. The first-order valence-electron chi connectivity index (χ1n) is 10.5. The first-order chi connectivity index (χ1) is 13.6. The van der Waals surface area contributed by atoms with Crippen LogP contribution in [-0.2, 0) is 13.0 Å². The normalized spacial score (nSPS) is 15.2. The maximum absolute atomic E-state index is 13.4. The van der Waals surface area contributed by atoms with Crippen molar-refractivity contribution in [1.82, 2.24) is 9.13 Å². The van der Waals surface area contributed by atoms with Gasteiger partial charge < -0.3 is 13.9 Å². The highest BCUT2D eigenvalue weighted by Gasteiger charge is 2.22. The van der Waals surface area contributed by atoms with E-state index in [1.165, 1.54) is 37.8 Å². The second-order valence-corrected chi connectivity index (χ2v) is 7.98.